The molecular formula is C15H25N7O. The van der Waals surface area contributed by atoms with Crippen LogP contribution in [0.25, 0.3) is 0 Å². The fourth-order valence-electron chi connectivity index (χ4n) is 5.10. The largest absolute Gasteiger partial charge is 0.338 e. The molecule has 1 aromatic rings. The van der Waals surface area contributed by atoms with Crippen molar-refractivity contribution in [1.29, 1.82) is 0 Å². The van der Waals surface area contributed by atoms with Gasteiger partial charge in [-0.05, 0) is 40.5 Å². The first-order valence-electron chi connectivity index (χ1n) is 8.39. The number of nitrogens with zero attached hydrogens (tertiary/aromatic N) is 5. The van der Waals surface area contributed by atoms with E-state index in [0.29, 0.717) is 17.9 Å². The minimum atomic E-state index is -0.213. The van der Waals surface area contributed by atoms with E-state index >= 15 is 0 Å². The molecule has 126 valence electrons. The topological polar surface area (TPSA) is 88.0 Å². The summed E-state index contributed by atoms with van der Waals surface area (Å²) in [5.74, 6) is 0.208. The van der Waals surface area contributed by atoms with Crippen molar-refractivity contribution in [2.24, 2.45) is 10.8 Å². The van der Waals surface area contributed by atoms with Crippen LogP contribution in [-0.2, 0) is 4.79 Å². The summed E-state index contributed by atoms with van der Waals surface area (Å²) in [6.45, 7) is 7.87. The van der Waals surface area contributed by atoms with E-state index in [0.717, 1.165) is 19.4 Å². The van der Waals surface area contributed by atoms with Gasteiger partial charge in [0.2, 0.25) is 5.91 Å². The number of hydrogen-bond acceptors (Lipinski definition) is 6. The number of carbonyl (C=O) groups excluding carboxylic acids is 1. The van der Waals surface area contributed by atoms with Crippen molar-refractivity contribution in [1.82, 2.24) is 36.0 Å². The van der Waals surface area contributed by atoms with Crippen LogP contribution in [0.1, 0.15) is 52.6 Å². The third-order valence-corrected chi connectivity index (χ3v) is 5.56. The number of fused-ring (bicyclic) bond motifs is 2. The second-order valence-electron chi connectivity index (χ2n) is 8.56. The molecule has 2 N–H and O–H groups in total. The third-order valence-electron chi connectivity index (χ3n) is 5.56. The average Bonchev–Trinajstić information content (AvgIpc) is 3.14. The van der Waals surface area contributed by atoms with E-state index in [2.05, 4.69) is 52.0 Å². The van der Waals surface area contributed by atoms with Gasteiger partial charge in [0, 0.05) is 19.0 Å². The van der Waals surface area contributed by atoms with Gasteiger partial charge in [0.05, 0.1) is 0 Å². The minimum Gasteiger partial charge on any atom is -0.338 e. The van der Waals surface area contributed by atoms with E-state index in [1.165, 1.54) is 6.42 Å². The number of carbonyl (C=O) groups is 1. The Balaban J connectivity index is 1.46. The highest BCUT2D eigenvalue weighted by molar-refractivity contribution is 5.83. The van der Waals surface area contributed by atoms with Crippen molar-refractivity contribution in [2.45, 2.75) is 64.7 Å². The van der Waals surface area contributed by atoms with E-state index in [-0.39, 0.29) is 23.5 Å². The molecule has 1 amide bonds. The minimum absolute atomic E-state index is 0.0760. The average molecular weight is 319 g/mol. The van der Waals surface area contributed by atoms with Gasteiger partial charge in [-0.1, -0.05) is 20.8 Å². The van der Waals surface area contributed by atoms with Gasteiger partial charge >= 0.3 is 0 Å². The lowest BCUT2D eigenvalue weighted by Crippen LogP contribution is -2.47. The molecule has 0 aromatic carbocycles. The smallest absolute Gasteiger partial charge is 0.241 e. The molecule has 8 heteroatoms. The summed E-state index contributed by atoms with van der Waals surface area (Å²) < 4.78 is 1.65. The number of hydrazine groups is 1. The molecule has 2 unspecified atom stereocenters. The predicted molar refractivity (Wildman–Crippen MR) is 82.8 cm³/mol. The molecule has 8 nitrogen and oxygen atoms in total. The van der Waals surface area contributed by atoms with Crippen molar-refractivity contribution >= 4 is 5.91 Å². The Morgan fingerprint density at radius 1 is 1.26 bits per heavy atom. The second-order valence-corrected chi connectivity index (χ2v) is 8.56. The fourth-order valence-corrected chi connectivity index (χ4v) is 5.10. The van der Waals surface area contributed by atoms with Gasteiger partial charge < -0.3 is 4.90 Å². The lowest BCUT2D eigenvalue weighted by Gasteiger charge is -2.39. The highest BCUT2D eigenvalue weighted by Gasteiger charge is 2.52. The summed E-state index contributed by atoms with van der Waals surface area (Å²) in [4.78, 5) is 15.1. The van der Waals surface area contributed by atoms with Crippen LogP contribution in [0.15, 0.2) is 6.33 Å². The maximum Gasteiger partial charge on any atom is 0.241 e. The SMILES string of the molecule is CC1(C)C[C@H]2C[C@](C)(CN2C(=O)C2CC(n3cnnn3)NN2)C1. The highest BCUT2D eigenvalue weighted by Crippen LogP contribution is 2.52. The number of hydrogen-bond donors (Lipinski definition) is 2. The van der Waals surface area contributed by atoms with Crippen LogP contribution in [0.5, 0.6) is 0 Å². The normalized spacial score (nSPS) is 38.9. The van der Waals surface area contributed by atoms with E-state index in [9.17, 15) is 4.79 Å². The summed E-state index contributed by atoms with van der Waals surface area (Å²) in [7, 11) is 0. The Morgan fingerprint density at radius 3 is 2.83 bits per heavy atom. The van der Waals surface area contributed by atoms with Crippen molar-refractivity contribution in [3.63, 3.8) is 0 Å². The van der Waals surface area contributed by atoms with Crippen molar-refractivity contribution in [3.8, 4) is 0 Å². The number of amides is 1. The molecule has 4 rings (SSSR count). The molecule has 4 atom stereocenters. The molecule has 2 aliphatic heterocycles. The number of rotatable bonds is 2. The Bertz CT molecular complexity index is 601. The van der Waals surface area contributed by atoms with Crippen LogP contribution in [0, 0.1) is 10.8 Å². The van der Waals surface area contributed by atoms with Crippen LogP contribution in [0.4, 0.5) is 0 Å². The highest BCUT2D eigenvalue weighted by atomic mass is 16.2. The summed E-state index contributed by atoms with van der Waals surface area (Å²) in [6.07, 6.45) is 5.59. The molecular weight excluding hydrogens is 294 g/mol. The first-order valence-corrected chi connectivity index (χ1v) is 8.39. The maximum absolute atomic E-state index is 13.0. The summed E-state index contributed by atoms with van der Waals surface area (Å²) >= 11 is 0. The molecule has 2 bridgehead atoms. The standard InChI is InChI=1S/C15H25N7O/c1-14(2)5-10-6-15(3,7-14)8-21(10)13(23)11-4-12(18-17-11)22-9-16-19-20-22/h9-12,17-18H,4-8H2,1-3H3/t10-,11?,12?,15-/m0/s1. The van der Waals surface area contributed by atoms with Gasteiger partial charge in [-0.15, -0.1) is 5.10 Å². The fraction of sp³-hybridized carbons (Fsp3) is 0.867. The Morgan fingerprint density at radius 2 is 2.09 bits per heavy atom. The van der Waals surface area contributed by atoms with Crippen LogP contribution in [0.3, 0.4) is 0 Å². The van der Waals surface area contributed by atoms with E-state index < -0.39 is 0 Å². The van der Waals surface area contributed by atoms with Crippen molar-refractivity contribution < 1.29 is 4.79 Å². The van der Waals surface area contributed by atoms with Crippen LogP contribution < -0.4 is 10.9 Å². The Hall–Kier alpha value is -1.54. The first-order chi connectivity index (χ1) is 10.9. The van der Waals surface area contributed by atoms with Crippen LogP contribution in [-0.4, -0.2) is 49.6 Å². The van der Waals surface area contributed by atoms with Gasteiger partial charge in [-0.2, -0.15) is 0 Å². The quantitative estimate of drug-likeness (QED) is 0.824. The molecule has 2 saturated heterocycles. The van der Waals surface area contributed by atoms with Crippen molar-refractivity contribution in [2.75, 3.05) is 6.54 Å². The van der Waals surface area contributed by atoms with Crippen LogP contribution >= 0.6 is 0 Å². The van der Waals surface area contributed by atoms with E-state index in [1.807, 2.05) is 0 Å². The zero-order chi connectivity index (χ0) is 16.2. The maximum atomic E-state index is 13.0. The Kier molecular flexibility index (Phi) is 3.25. The third kappa shape index (κ3) is 2.63. The first kappa shape index (κ1) is 15.0. The van der Waals surface area contributed by atoms with Crippen LogP contribution in [0.2, 0.25) is 0 Å². The second kappa shape index (κ2) is 4.98. The summed E-state index contributed by atoms with van der Waals surface area (Å²) in [5, 5.41) is 11.2. The molecule has 3 aliphatic rings. The number of nitrogens with one attached hydrogen (secondary N) is 2. The lowest BCUT2D eigenvalue weighted by molar-refractivity contribution is -0.134. The molecule has 3 fully saturated rings. The Labute approximate surface area is 135 Å². The molecule has 0 radical (unpaired) electrons. The predicted octanol–water partition coefficient (Wildman–Crippen LogP) is 0.465. The summed E-state index contributed by atoms with van der Waals surface area (Å²) in [6, 6.07) is 0.167. The monoisotopic (exact) mass is 319 g/mol. The number of likely N-dealkylation sites (tertiary alicyclic amines) is 1. The van der Waals surface area contributed by atoms with Gasteiger partial charge in [0.1, 0.15) is 18.5 Å². The molecule has 3 heterocycles. The van der Waals surface area contributed by atoms with E-state index in [4.69, 9.17) is 0 Å². The van der Waals surface area contributed by atoms with Crippen molar-refractivity contribution in [3.05, 3.63) is 6.33 Å². The molecule has 0 spiro atoms. The lowest BCUT2D eigenvalue weighted by atomic mass is 9.65. The zero-order valence-corrected chi connectivity index (χ0v) is 14.0. The van der Waals surface area contributed by atoms with Gasteiger partial charge in [0.15, 0.2) is 0 Å². The zero-order valence-electron chi connectivity index (χ0n) is 14.0. The number of tetrazole rings is 1. The molecule has 1 aliphatic carbocycles. The van der Waals surface area contributed by atoms with E-state index in [1.54, 1.807) is 11.0 Å². The van der Waals surface area contributed by atoms with Gasteiger partial charge in [-0.3, -0.25) is 4.79 Å². The number of aromatic nitrogens is 4. The van der Waals surface area contributed by atoms with Gasteiger partial charge in [0.25, 0.3) is 0 Å². The van der Waals surface area contributed by atoms with Gasteiger partial charge in [-0.25, -0.2) is 15.5 Å². The molecule has 1 aromatic heterocycles. The summed E-state index contributed by atoms with van der Waals surface area (Å²) in [5.41, 5.74) is 6.84. The molecule has 23 heavy (non-hydrogen) atoms. The molecule has 1 saturated carbocycles.